The first-order valence-electron chi connectivity index (χ1n) is 9.15. The topological polar surface area (TPSA) is 73.8 Å². The number of aliphatic imine (C=N–C) groups is 1. The summed E-state index contributed by atoms with van der Waals surface area (Å²) < 4.78 is 26.9. The van der Waals surface area contributed by atoms with Crippen LogP contribution in [0.5, 0.6) is 0 Å². The molecule has 25 heavy (non-hydrogen) atoms. The number of hydrogen-bond acceptors (Lipinski definition) is 3. The molecule has 0 unspecified atom stereocenters. The van der Waals surface area contributed by atoms with Crippen LogP contribution in [0.3, 0.4) is 0 Å². The van der Waals surface area contributed by atoms with Crippen LogP contribution < -0.4 is 14.9 Å². The Kier molecular flexibility index (Phi) is 5.83. The van der Waals surface area contributed by atoms with E-state index in [9.17, 15) is 8.42 Å². The molecule has 3 rings (SSSR count). The van der Waals surface area contributed by atoms with Gasteiger partial charge in [0.25, 0.3) is 0 Å². The number of hydrogen-bond donors (Lipinski definition) is 2. The maximum atomic E-state index is 12.7. The van der Waals surface area contributed by atoms with Crippen molar-refractivity contribution in [1.29, 1.82) is 0 Å². The van der Waals surface area contributed by atoms with Gasteiger partial charge in [0, 0.05) is 26.2 Å². The Morgan fingerprint density at radius 2 is 2.00 bits per heavy atom. The second-order valence-corrected chi connectivity index (χ2v) is 8.76. The highest BCUT2D eigenvalue weighted by molar-refractivity contribution is 7.92. The Morgan fingerprint density at radius 1 is 1.24 bits per heavy atom. The molecule has 0 radical (unpaired) electrons. The van der Waals surface area contributed by atoms with Crippen molar-refractivity contribution in [2.24, 2.45) is 4.99 Å². The lowest BCUT2D eigenvalue weighted by atomic mass is 9.96. The molecule has 0 aromatic heterocycles. The van der Waals surface area contributed by atoms with Gasteiger partial charge in [-0.05, 0) is 30.9 Å². The number of rotatable bonds is 5. The third-order valence-electron chi connectivity index (χ3n) is 5.00. The van der Waals surface area contributed by atoms with Crippen molar-refractivity contribution in [1.82, 2.24) is 10.6 Å². The van der Waals surface area contributed by atoms with Crippen molar-refractivity contribution >= 4 is 21.7 Å². The largest absolute Gasteiger partial charge is 0.355 e. The van der Waals surface area contributed by atoms with E-state index < -0.39 is 10.0 Å². The van der Waals surface area contributed by atoms with Crippen LogP contribution in [-0.2, 0) is 16.4 Å². The van der Waals surface area contributed by atoms with Crippen LogP contribution in [0.15, 0.2) is 29.3 Å². The number of anilines is 1. The molecule has 2 N–H and O–H groups in total. The van der Waals surface area contributed by atoms with Crippen molar-refractivity contribution in [3.8, 4) is 0 Å². The molecular formula is C18H28N4O2S. The fourth-order valence-corrected chi connectivity index (χ4v) is 5.07. The van der Waals surface area contributed by atoms with Gasteiger partial charge < -0.3 is 10.6 Å². The zero-order chi connectivity index (χ0) is 17.7. The molecule has 138 valence electrons. The average molecular weight is 365 g/mol. The summed E-state index contributed by atoms with van der Waals surface area (Å²) in [5, 5.41) is 6.56. The van der Waals surface area contributed by atoms with E-state index in [1.54, 1.807) is 11.4 Å². The summed E-state index contributed by atoms with van der Waals surface area (Å²) in [6.45, 7) is 0.893. The van der Waals surface area contributed by atoms with Crippen LogP contribution in [0.25, 0.3) is 0 Å². The van der Waals surface area contributed by atoms with Gasteiger partial charge in [0.1, 0.15) is 0 Å². The van der Waals surface area contributed by atoms with Crippen molar-refractivity contribution in [3.05, 3.63) is 29.8 Å². The van der Waals surface area contributed by atoms with Crippen LogP contribution >= 0.6 is 0 Å². The molecule has 6 nitrogen and oxygen atoms in total. The Hall–Kier alpha value is -1.76. The van der Waals surface area contributed by atoms with Crippen molar-refractivity contribution in [2.75, 3.05) is 30.2 Å². The van der Waals surface area contributed by atoms with Crippen LogP contribution in [0.4, 0.5) is 5.69 Å². The highest BCUT2D eigenvalue weighted by Gasteiger charge is 2.28. The molecule has 0 atom stereocenters. The van der Waals surface area contributed by atoms with E-state index in [0.29, 0.717) is 25.1 Å². The molecule has 2 aliphatic rings. The molecule has 1 aromatic carbocycles. The predicted octanol–water partition coefficient (Wildman–Crippen LogP) is 1.88. The van der Waals surface area contributed by atoms with E-state index in [1.807, 2.05) is 24.3 Å². The zero-order valence-electron chi connectivity index (χ0n) is 14.9. The molecule has 0 amide bonds. The van der Waals surface area contributed by atoms with Crippen LogP contribution in [0.1, 0.15) is 37.7 Å². The van der Waals surface area contributed by atoms with Gasteiger partial charge in [-0.3, -0.25) is 9.30 Å². The van der Waals surface area contributed by atoms with Gasteiger partial charge in [0.05, 0.1) is 11.4 Å². The SMILES string of the molecule is CN=C(NCCS(=O)(=O)N1CCc2ccccc21)NC1CCCCC1. The standard InChI is InChI=1S/C18H28N4O2S/c1-19-18(21-16-8-3-2-4-9-16)20-12-14-25(23,24)22-13-11-15-7-5-6-10-17(15)22/h5-7,10,16H,2-4,8-9,11-14H2,1H3,(H2,19,20,21). The highest BCUT2D eigenvalue weighted by atomic mass is 32.2. The third kappa shape index (κ3) is 4.45. The van der Waals surface area contributed by atoms with E-state index in [1.165, 1.54) is 19.3 Å². The van der Waals surface area contributed by atoms with Crippen molar-refractivity contribution < 1.29 is 8.42 Å². The smallest absolute Gasteiger partial charge is 0.236 e. The zero-order valence-corrected chi connectivity index (χ0v) is 15.7. The molecule has 7 heteroatoms. The second kappa shape index (κ2) is 8.08. The summed E-state index contributed by atoms with van der Waals surface area (Å²) in [6, 6.07) is 8.18. The minimum atomic E-state index is -3.32. The van der Waals surface area contributed by atoms with E-state index in [-0.39, 0.29) is 5.75 Å². The summed E-state index contributed by atoms with van der Waals surface area (Å²) in [6.07, 6.45) is 6.90. The molecule has 0 spiro atoms. The van der Waals surface area contributed by atoms with Crippen molar-refractivity contribution in [3.63, 3.8) is 0 Å². The average Bonchev–Trinajstić information content (AvgIpc) is 3.06. The Bertz CT molecular complexity index is 712. The monoisotopic (exact) mass is 364 g/mol. The molecule has 1 aliphatic heterocycles. The van der Waals surface area contributed by atoms with Gasteiger partial charge in [-0.1, -0.05) is 37.5 Å². The van der Waals surface area contributed by atoms with E-state index in [0.717, 1.165) is 30.5 Å². The molecular weight excluding hydrogens is 336 g/mol. The van der Waals surface area contributed by atoms with Gasteiger partial charge in [0.15, 0.2) is 5.96 Å². The molecule has 1 saturated carbocycles. The van der Waals surface area contributed by atoms with E-state index >= 15 is 0 Å². The Balaban J connectivity index is 1.52. The second-order valence-electron chi connectivity index (χ2n) is 6.75. The van der Waals surface area contributed by atoms with Gasteiger partial charge in [-0.2, -0.15) is 0 Å². The minimum Gasteiger partial charge on any atom is -0.355 e. The lowest BCUT2D eigenvalue weighted by Crippen LogP contribution is -2.46. The van der Waals surface area contributed by atoms with Gasteiger partial charge in [-0.15, -0.1) is 0 Å². The van der Waals surface area contributed by atoms with Crippen LogP contribution in [-0.4, -0.2) is 46.3 Å². The minimum absolute atomic E-state index is 0.0622. The number of benzene rings is 1. The molecule has 1 fully saturated rings. The third-order valence-corrected chi connectivity index (χ3v) is 6.77. The molecule has 1 heterocycles. The number of fused-ring (bicyclic) bond motifs is 1. The molecule has 1 aliphatic carbocycles. The maximum Gasteiger partial charge on any atom is 0.236 e. The molecule has 0 saturated heterocycles. The van der Waals surface area contributed by atoms with Crippen LogP contribution in [0.2, 0.25) is 0 Å². The number of nitrogens with zero attached hydrogens (tertiary/aromatic N) is 2. The number of guanidine groups is 1. The normalized spacial score (nSPS) is 18.9. The van der Waals surface area contributed by atoms with E-state index in [2.05, 4.69) is 15.6 Å². The lowest BCUT2D eigenvalue weighted by Gasteiger charge is -2.25. The van der Waals surface area contributed by atoms with Gasteiger partial charge in [0.2, 0.25) is 10.0 Å². The molecule has 0 bridgehead atoms. The Labute approximate surface area is 150 Å². The number of sulfonamides is 1. The summed E-state index contributed by atoms with van der Waals surface area (Å²) in [5.41, 5.74) is 1.93. The first kappa shape index (κ1) is 18.0. The van der Waals surface area contributed by atoms with Gasteiger partial charge in [-0.25, -0.2) is 8.42 Å². The first-order valence-corrected chi connectivity index (χ1v) is 10.8. The fraction of sp³-hybridized carbons (Fsp3) is 0.611. The van der Waals surface area contributed by atoms with Crippen molar-refractivity contribution in [2.45, 2.75) is 44.6 Å². The molecule has 1 aromatic rings. The van der Waals surface area contributed by atoms with E-state index in [4.69, 9.17) is 0 Å². The number of nitrogens with one attached hydrogen (secondary N) is 2. The predicted molar refractivity (Wildman–Crippen MR) is 103 cm³/mol. The summed E-state index contributed by atoms with van der Waals surface area (Å²) in [7, 11) is -1.60. The maximum absolute atomic E-state index is 12.7. The Morgan fingerprint density at radius 3 is 2.76 bits per heavy atom. The quantitative estimate of drug-likeness (QED) is 0.618. The summed E-state index contributed by atoms with van der Waals surface area (Å²) in [5.74, 6) is 0.760. The summed E-state index contributed by atoms with van der Waals surface area (Å²) in [4.78, 5) is 4.22. The van der Waals surface area contributed by atoms with Crippen LogP contribution in [0, 0.1) is 0 Å². The highest BCUT2D eigenvalue weighted by Crippen LogP contribution is 2.29. The van der Waals surface area contributed by atoms with Gasteiger partial charge >= 0.3 is 0 Å². The lowest BCUT2D eigenvalue weighted by molar-refractivity contribution is 0.410. The number of para-hydroxylation sites is 1. The first-order chi connectivity index (χ1) is 12.1. The fourth-order valence-electron chi connectivity index (χ4n) is 3.64. The summed E-state index contributed by atoms with van der Waals surface area (Å²) >= 11 is 0.